The van der Waals surface area contributed by atoms with Crippen molar-refractivity contribution in [2.45, 2.75) is 32.2 Å². The lowest BCUT2D eigenvalue weighted by Crippen LogP contribution is -2.39. The maximum atomic E-state index is 5.59. The Morgan fingerprint density at radius 2 is 2.20 bits per heavy atom. The molecule has 2 N–H and O–H groups in total. The molecule has 3 heteroatoms. The second-order valence-electron chi connectivity index (χ2n) is 5.24. The third-order valence-corrected chi connectivity index (χ3v) is 3.28. The van der Waals surface area contributed by atoms with E-state index < -0.39 is 0 Å². The summed E-state index contributed by atoms with van der Waals surface area (Å²) in [5, 5.41) is 0. The van der Waals surface area contributed by atoms with E-state index in [1.807, 2.05) is 0 Å². The van der Waals surface area contributed by atoms with Gasteiger partial charge in [-0.25, -0.2) is 0 Å². The van der Waals surface area contributed by atoms with Crippen LogP contribution in [0.25, 0.3) is 0 Å². The van der Waals surface area contributed by atoms with Crippen molar-refractivity contribution in [3.63, 3.8) is 0 Å². The molecule has 0 aromatic carbocycles. The van der Waals surface area contributed by atoms with Crippen LogP contribution in [0.1, 0.15) is 26.2 Å². The predicted molar refractivity (Wildman–Crippen MR) is 66.0 cm³/mol. The van der Waals surface area contributed by atoms with Gasteiger partial charge in [0.25, 0.3) is 0 Å². The first kappa shape index (κ1) is 12.9. The molecule has 0 radical (unpaired) electrons. The molecule has 0 amide bonds. The van der Waals surface area contributed by atoms with Crippen LogP contribution in [0.3, 0.4) is 0 Å². The summed E-state index contributed by atoms with van der Waals surface area (Å²) in [6.07, 6.45) is 3.90. The number of nitrogens with two attached hydrogens (primary N) is 1. The molecule has 90 valence electrons. The Morgan fingerprint density at radius 1 is 1.47 bits per heavy atom. The second kappa shape index (κ2) is 6.46. The van der Waals surface area contributed by atoms with Crippen LogP contribution < -0.4 is 5.73 Å². The summed E-state index contributed by atoms with van der Waals surface area (Å²) in [7, 11) is 4.33. The van der Waals surface area contributed by atoms with Crippen molar-refractivity contribution < 1.29 is 0 Å². The molecule has 2 atom stereocenters. The Morgan fingerprint density at radius 3 is 2.80 bits per heavy atom. The maximum Gasteiger partial charge on any atom is 0.0223 e. The average molecular weight is 213 g/mol. The van der Waals surface area contributed by atoms with Gasteiger partial charge in [0.1, 0.15) is 0 Å². The van der Waals surface area contributed by atoms with Gasteiger partial charge in [0.15, 0.2) is 0 Å². The third-order valence-electron chi connectivity index (χ3n) is 3.28. The number of nitrogens with zero attached hydrogens (tertiary/aromatic N) is 2. The first-order valence-corrected chi connectivity index (χ1v) is 6.22. The Kier molecular flexibility index (Phi) is 5.58. The highest BCUT2D eigenvalue weighted by Crippen LogP contribution is 2.19. The van der Waals surface area contributed by atoms with E-state index in [1.165, 1.54) is 32.5 Å². The van der Waals surface area contributed by atoms with E-state index in [2.05, 4.69) is 30.8 Å². The molecule has 1 saturated heterocycles. The van der Waals surface area contributed by atoms with E-state index in [-0.39, 0.29) is 0 Å². The SMILES string of the molecule is CC(CCN)CN1CCCC1CN(C)C. The molecule has 0 aromatic rings. The largest absolute Gasteiger partial charge is 0.330 e. The van der Waals surface area contributed by atoms with Gasteiger partial charge < -0.3 is 10.6 Å². The number of rotatable bonds is 6. The van der Waals surface area contributed by atoms with E-state index in [4.69, 9.17) is 5.73 Å². The monoisotopic (exact) mass is 213 g/mol. The third kappa shape index (κ3) is 4.49. The molecule has 1 fully saturated rings. The van der Waals surface area contributed by atoms with Crippen LogP contribution in [0.5, 0.6) is 0 Å². The van der Waals surface area contributed by atoms with Gasteiger partial charge in [0, 0.05) is 19.1 Å². The molecule has 0 bridgehead atoms. The number of likely N-dealkylation sites (tertiary alicyclic amines) is 1. The average Bonchev–Trinajstić information content (AvgIpc) is 2.52. The zero-order chi connectivity index (χ0) is 11.3. The molecule has 0 aromatic heterocycles. The fraction of sp³-hybridized carbons (Fsp3) is 1.00. The summed E-state index contributed by atoms with van der Waals surface area (Å²) in [6, 6.07) is 0.778. The normalized spacial score (nSPS) is 25.0. The number of hydrogen-bond donors (Lipinski definition) is 1. The molecule has 0 saturated carbocycles. The molecule has 15 heavy (non-hydrogen) atoms. The standard InChI is InChI=1S/C12H27N3/c1-11(6-7-13)9-15-8-4-5-12(15)10-14(2)3/h11-12H,4-10,13H2,1-3H3. The van der Waals surface area contributed by atoms with Gasteiger partial charge in [-0.15, -0.1) is 0 Å². The van der Waals surface area contributed by atoms with Crippen LogP contribution in [0.15, 0.2) is 0 Å². The van der Waals surface area contributed by atoms with Crippen molar-refractivity contribution in [1.29, 1.82) is 0 Å². The van der Waals surface area contributed by atoms with Crippen LogP contribution in [0.2, 0.25) is 0 Å². The lowest BCUT2D eigenvalue weighted by Gasteiger charge is -2.29. The van der Waals surface area contributed by atoms with Crippen molar-refractivity contribution in [2.75, 3.05) is 40.3 Å². The maximum absolute atomic E-state index is 5.59. The van der Waals surface area contributed by atoms with Crippen molar-refractivity contribution in [3.8, 4) is 0 Å². The molecule has 0 aliphatic carbocycles. The van der Waals surface area contributed by atoms with E-state index in [9.17, 15) is 0 Å². The van der Waals surface area contributed by atoms with Gasteiger partial charge in [-0.2, -0.15) is 0 Å². The molecule has 2 unspecified atom stereocenters. The molecule has 0 spiro atoms. The Bertz CT molecular complexity index is 170. The highest BCUT2D eigenvalue weighted by molar-refractivity contribution is 4.81. The zero-order valence-electron chi connectivity index (χ0n) is 10.6. The van der Waals surface area contributed by atoms with Gasteiger partial charge in [0.2, 0.25) is 0 Å². The highest BCUT2D eigenvalue weighted by atomic mass is 15.2. The summed E-state index contributed by atoms with van der Waals surface area (Å²) in [4.78, 5) is 4.96. The van der Waals surface area contributed by atoms with Crippen molar-refractivity contribution >= 4 is 0 Å². The van der Waals surface area contributed by atoms with Crippen molar-refractivity contribution in [3.05, 3.63) is 0 Å². The van der Waals surface area contributed by atoms with Gasteiger partial charge in [-0.05, 0) is 52.4 Å². The first-order valence-electron chi connectivity index (χ1n) is 6.22. The summed E-state index contributed by atoms with van der Waals surface area (Å²) in [6.45, 7) is 6.86. The fourth-order valence-electron chi connectivity index (χ4n) is 2.54. The van der Waals surface area contributed by atoms with Crippen LogP contribution >= 0.6 is 0 Å². The number of likely N-dealkylation sites (N-methyl/N-ethyl adjacent to an activating group) is 1. The van der Waals surface area contributed by atoms with Crippen LogP contribution in [-0.2, 0) is 0 Å². The van der Waals surface area contributed by atoms with Crippen LogP contribution in [0, 0.1) is 5.92 Å². The van der Waals surface area contributed by atoms with Crippen LogP contribution in [-0.4, -0.2) is 56.1 Å². The fourth-order valence-corrected chi connectivity index (χ4v) is 2.54. The summed E-state index contributed by atoms with van der Waals surface area (Å²) < 4.78 is 0. The van der Waals surface area contributed by atoms with Gasteiger partial charge >= 0.3 is 0 Å². The summed E-state index contributed by atoms with van der Waals surface area (Å²) in [5.41, 5.74) is 5.59. The van der Waals surface area contributed by atoms with Gasteiger partial charge in [-0.3, -0.25) is 4.90 Å². The van der Waals surface area contributed by atoms with Crippen molar-refractivity contribution in [1.82, 2.24) is 9.80 Å². The molecular formula is C12H27N3. The van der Waals surface area contributed by atoms with E-state index in [0.29, 0.717) is 0 Å². The molecule has 3 nitrogen and oxygen atoms in total. The van der Waals surface area contributed by atoms with Crippen LogP contribution in [0.4, 0.5) is 0 Å². The smallest absolute Gasteiger partial charge is 0.0223 e. The topological polar surface area (TPSA) is 32.5 Å². The van der Waals surface area contributed by atoms with E-state index >= 15 is 0 Å². The van der Waals surface area contributed by atoms with Crippen molar-refractivity contribution in [2.24, 2.45) is 11.7 Å². The molecule has 1 aliphatic rings. The Balaban J connectivity index is 2.32. The lowest BCUT2D eigenvalue weighted by molar-refractivity contribution is 0.183. The molecule has 1 aliphatic heterocycles. The minimum Gasteiger partial charge on any atom is -0.330 e. The summed E-state index contributed by atoms with van der Waals surface area (Å²) >= 11 is 0. The summed E-state index contributed by atoms with van der Waals surface area (Å²) in [5.74, 6) is 0.748. The second-order valence-corrected chi connectivity index (χ2v) is 5.24. The Hall–Kier alpha value is -0.120. The molecular weight excluding hydrogens is 186 g/mol. The van der Waals surface area contributed by atoms with E-state index in [0.717, 1.165) is 24.9 Å². The Labute approximate surface area is 94.6 Å². The predicted octanol–water partition coefficient (Wildman–Crippen LogP) is 0.997. The zero-order valence-corrected chi connectivity index (χ0v) is 10.6. The minimum atomic E-state index is 0.748. The minimum absolute atomic E-state index is 0.748. The molecule has 1 rings (SSSR count). The lowest BCUT2D eigenvalue weighted by atomic mass is 10.1. The molecule has 1 heterocycles. The highest BCUT2D eigenvalue weighted by Gasteiger charge is 2.25. The number of hydrogen-bond acceptors (Lipinski definition) is 3. The van der Waals surface area contributed by atoms with Gasteiger partial charge in [-0.1, -0.05) is 6.92 Å². The quantitative estimate of drug-likeness (QED) is 0.714. The van der Waals surface area contributed by atoms with Gasteiger partial charge in [0.05, 0.1) is 0 Å². The first-order chi connectivity index (χ1) is 7.13. The van der Waals surface area contributed by atoms with E-state index in [1.54, 1.807) is 0 Å².